The Balaban J connectivity index is 1.40. The fourth-order valence-electron chi connectivity index (χ4n) is 8.42. The fraction of sp³-hybridized carbons (Fsp3) is 0.364. The van der Waals surface area contributed by atoms with E-state index in [0.717, 1.165) is 12.8 Å². The Morgan fingerprint density at radius 2 is 0.911 bits per heavy atom. The number of rotatable bonds is 10. The normalized spacial score (nSPS) is 18.7. The summed E-state index contributed by atoms with van der Waals surface area (Å²) >= 11 is 0. The molecule has 0 nitrogen and oxygen atoms in total. The zero-order valence-corrected chi connectivity index (χ0v) is 29.9. The molecule has 232 valence electrons. The lowest BCUT2D eigenvalue weighted by Gasteiger charge is -2.40. The molecule has 0 aromatic heterocycles. The predicted octanol–water partition coefficient (Wildman–Crippen LogP) is 13.3. The van der Waals surface area contributed by atoms with Crippen molar-refractivity contribution in [2.75, 3.05) is 0 Å². The van der Waals surface area contributed by atoms with Crippen molar-refractivity contribution in [3.8, 4) is 22.3 Å². The van der Waals surface area contributed by atoms with Gasteiger partial charge in [0.2, 0.25) is 0 Å². The lowest BCUT2D eigenvalue weighted by molar-refractivity contribution is 0.734. The van der Waals surface area contributed by atoms with Gasteiger partial charge in [-0.1, -0.05) is 163 Å². The maximum Gasteiger partial charge on any atom is 0.0722 e. The van der Waals surface area contributed by atoms with Gasteiger partial charge < -0.3 is 0 Å². The van der Waals surface area contributed by atoms with Crippen molar-refractivity contribution in [1.82, 2.24) is 0 Å². The molecular formula is C44H52Si. The van der Waals surface area contributed by atoms with Gasteiger partial charge in [0.15, 0.2) is 0 Å². The first kappa shape index (κ1) is 31.6. The van der Waals surface area contributed by atoms with E-state index in [1.807, 2.05) is 0 Å². The van der Waals surface area contributed by atoms with Gasteiger partial charge >= 0.3 is 0 Å². The van der Waals surface area contributed by atoms with Gasteiger partial charge in [-0.3, -0.25) is 0 Å². The Bertz CT molecular complexity index is 1600. The van der Waals surface area contributed by atoms with Crippen LogP contribution in [0.3, 0.4) is 0 Å². The second-order valence-electron chi connectivity index (χ2n) is 14.3. The van der Waals surface area contributed by atoms with Crippen LogP contribution in [0.25, 0.3) is 34.4 Å². The van der Waals surface area contributed by atoms with Crippen molar-refractivity contribution in [3.63, 3.8) is 0 Å². The molecule has 0 bridgehead atoms. The van der Waals surface area contributed by atoms with Gasteiger partial charge in [0.1, 0.15) is 0 Å². The molecule has 0 aliphatic heterocycles. The number of allylic oxidation sites excluding steroid dienone is 2. The maximum absolute atomic E-state index is 2.68. The van der Waals surface area contributed by atoms with Crippen LogP contribution in [0.2, 0.25) is 13.1 Å². The van der Waals surface area contributed by atoms with Crippen LogP contribution in [-0.4, -0.2) is 8.07 Å². The summed E-state index contributed by atoms with van der Waals surface area (Å²) in [4.78, 5) is 0. The first-order valence-electron chi connectivity index (χ1n) is 17.6. The van der Waals surface area contributed by atoms with Crippen molar-refractivity contribution >= 4 is 20.2 Å². The summed E-state index contributed by atoms with van der Waals surface area (Å²) in [5.41, 5.74) is 18.7. The molecule has 6 rings (SSSR count). The van der Waals surface area contributed by atoms with E-state index < -0.39 is 8.07 Å². The molecule has 4 aromatic carbocycles. The zero-order chi connectivity index (χ0) is 31.9. The van der Waals surface area contributed by atoms with Crippen molar-refractivity contribution in [3.05, 3.63) is 129 Å². The van der Waals surface area contributed by atoms with E-state index in [1.165, 1.54) is 57.3 Å². The summed E-state index contributed by atoms with van der Waals surface area (Å²) in [5.74, 6) is 1.20. The van der Waals surface area contributed by atoms with Crippen LogP contribution >= 0.6 is 0 Å². The summed E-state index contributed by atoms with van der Waals surface area (Å²) in [7, 11) is -1.95. The van der Waals surface area contributed by atoms with E-state index in [9.17, 15) is 0 Å². The Hall–Kier alpha value is -3.42. The van der Waals surface area contributed by atoms with E-state index in [-0.39, 0.29) is 0 Å². The Morgan fingerprint density at radius 3 is 1.24 bits per heavy atom. The van der Waals surface area contributed by atoms with E-state index >= 15 is 0 Å². The lowest BCUT2D eigenvalue weighted by atomic mass is 9.93. The highest BCUT2D eigenvalue weighted by atomic mass is 28.3. The summed E-state index contributed by atoms with van der Waals surface area (Å²) in [6.45, 7) is 19.3. The smallest absolute Gasteiger partial charge is 0.0679 e. The van der Waals surface area contributed by atoms with Crippen LogP contribution in [0.15, 0.2) is 96.1 Å². The topological polar surface area (TPSA) is 0 Å². The Morgan fingerprint density at radius 1 is 0.533 bits per heavy atom. The maximum atomic E-state index is 2.68. The first-order valence-corrected chi connectivity index (χ1v) is 20.8. The van der Waals surface area contributed by atoms with Crippen LogP contribution < -0.4 is 0 Å². The second-order valence-corrected chi connectivity index (χ2v) is 19.1. The van der Waals surface area contributed by atoms with Crippen molar-refractivity contribution in [2.45, 2.75) is 103 Å². The summed E-state index contributed by atoms with van der Waals surface area (Å²) < 4.78 is 0. The highest BCUT2D eigenvalue weighted by Crippen LogP contribution is 2.55. The van der Waals surface area contributed by atoms with Crippen LogP contribution in [-0.2, 0) is 0 Å². The quantitative estimate of drug-likeness (QED) is 0.157. The van der Waals surface area contributed by atoms with E-state index in [1.54, 1.807) is 22.3 Å². The van der Waals surface area contributed by atoms with Gasteiger partial charge in [-0.05, 0) is 93.2 Å². The molecule has 0 heterocycles. The average Bonchev–Trinajstić information content (AvgIpc) is 3.67. The van der Waals surface area contributed by atoms with Crippen molar-refractivity contribution < 1.29 is 0 Å². The minimum Gasteiger partial charge on any atom is -0.0679 e. The highest BCUT2D eigenvalue weighted by molar-refractivity contribution is 6.81. The van der Waals surface area contributed by atoms with Gasteiger partial charge in [0, 0.05) is 11.1 Å². The Kier molecular flexibility index (Phi) is 8.95. The van der Waals surface area contributed by atoms with Crippen LogP contribution in [0, 0.1) is 0 Å². The van der Waals surface area contributed by atoms with Gasteiger partial charge in [-0.2, -0.15) is 0 Å². The first-order chi connectivity index (χ1) is 21.7. The molecule has 0 saturated carbocycles. The van der Waals surface area contributed by atoms with Crippen molar-refractivity contribution in [2.24, 2.45) is 0 Å². The molecule has 4 aromatic rings. The molecule has 4 unspecified atom stereocenters. The molecule has 2 aliphatic carbocycles. The molecule has 0 saturated heterocycles. The molecule has 0 N–H and O–H groups in total. The lowest BCUT2D eigenvalue weighted by Crippen LogP contribution is -2.42. The molecule has 1 heteroatoms. The standard InChI is InChI=1S/C44H52Si/c1-9-29(5)33-19-23-35(24-20-33)37-15-13-17-39-41(37)27-31(11-3)43(39)45(7,8)44-32(12-4)28-42-38(16-14-18-40(42)44)36-25-21-34(22-26-36)30(6)10-2/h13-30,43-44H,9-12H2,1-8H3. The summed E-state index contributed by atoms with van der Waals surface area (Å²) in [6.07, 6.45) is 9.72. The van der Waals surface area contributed by atoms with Gasteiger partial charge in [0.05, 0.1) is 8.07 Å². The summed E-state index contributed by atoms with van der Waals surface area (Å²) in [6, 6.07) is 33.1. The van der Waals surface area contributed by atoms with E-state index in [4.69, 9.17) is 0 Å². The Labute approximate surface area is 274 Å². The molecule has 0 radical (unpaired) electrons. The second kappa shape index (κ2) is 12.8. The molecule has 0 spiro atoms. The SMILES string of the molecule is CCC1=Cc2c(-c3ccc(C(C)CC)cc3)cccc2C1[Si](C)(C)C1C(CC)=Cc2c(-c3ccc(C(C)CC)cc3)cccc21. The highest BCUT2D eigenvalue weighted by Gasteiger charge is 2.48. The predicted molar refractivity (Wildman–Crippen MR) is 201 cm³/mol. The number of fused-ring (bicyclic) bond motifs is 2. The molecule has 45 heavy (non-hydrogen) atoms. The minimum atomic E-state index is -1.95. The van der Waals surface area contributed by atoms with Crippen molar-refractivity contribution in [1.29, 1.82) is 0 Å². The third-order valence-electron chi connectivity index (χ3n) is 11.4. The van der Waals surface area contributed by atoms with E-state index in [2.05, 4.69) is 152 Å². The molecule has 0 amide bonds. The zero-order valence-electron chi connectivity index (χ0n) is 28.9. The van der Waals surface area contributed by atoms with Crippen LogP contribution in [0.1, 0.15) is 124 Å². The average molecular weight is 609 g/mol. The number of hydrogen-bond acceptors (Lipinski definition) is 0. The van der Waals surface area contributed by atoms with Crippen LogP contribution in [0.4, 0.5) is 0 Å². The largest absolute Gasteiger partial charge is 0.0722 e. The fourth-order valence-corrected chi connectivity index (χ4v) is 13.3. The molecule has 0 fully saturated rings. The molecular weight excluding hydrogens is 557 g/mol. The monoisotopic (exact) mass is 608 g/mol. The third-order valence-corrected chi connectivity index (χ3v) is 15.8. The molecule has 2 aliphatic rings. The molecule has 4 atom stereocenters. The number of hydrogen-bond donors (Lipinski definition) is 0. The van der Waals surface area contributed by atoms with Gasteiger partial charge in [-0.15, -0.1) is 0 Å². The third kappa shape index (κ3) is 5.52. The van der Waals surface area contributed by atoms with E-state index in [0.29, 0.717) is 22.9 Å². The van der Waals surface area contributed by atoms with Gasteiger partial charge in [0.25, 0.3) is 0 Å². The van der Waals surface area contributed by atoms with Crippen LogP contribution in [0.5, 0.6) is 0 Å². The summed E-state index contributed by atoms with van der Waals surface area (Å²) in [5, 5.41) is 0. The minimum absolute atomic E-state index is 0.515. The van der Waals surface area contributed by atoms with Gasteiger partial charge in [-0.25, -0.2) is 0 Å². The number of benzene rings is 4.